The predicted molar refractivity (Wildman–Crippen MR) is 111 cm³/mol. The fourth-order valence-electron chi connectivity index (χ4n) is 6.68. The molecule has 0 radical (unpaired) electrons. The molecule has 0 aliphatic heterocycles. The molecule has 0 spiro atoms. The van der Waals surface area contributed by atoms with E-state index in [-0.39, 0.29) is 23.9 Å². The number of hydrogen-bond donors (Lipinski definition) is 1. The van der Waals surface area contributed by atoms with Gasteiger partial charge in [-0.2, -0.15) is 0 Å². The first-order valence-electron chi connectivity index (χ1n) is 11.0. The van der Waals surface area contributed by atoms with Crippen molar-refractivity contribution in [3.05, 3.63) is 59.5 Å². The molecule has 5 heteroatoms. The molecule has 30 heavy (non-hydrogen) atoms. The maximum absolute atomic E-state index is 13.2. The highest BCUT2D eigenvalue weighted by atomic mass is 16.5. The summed E-state index contributed by atoms with van der Waals surface area (Å²) in [6.07, 6.45) is 7.80. The summed E-state index contributed by atoms with van der Waals surface area (Å²) in [4.78, 5) is 25.4. The highest BCUT2D eigenvalue weighted by Crippen LogP contribution is 2.66. The Labute approximate surface area is 177 Å². The first-order chi connectivity index (χ1) is 14.5. The van der Waals surface area contributed by atoms with Crippen LogP contribution in [0.1, 0.15) is 55.4 Å². The second kappa shape index (κ2) is 7.29. The van der Waals surface area contributed by atoms with Gasteiger partial charge >= 0.3 is 5.97 Å². The number of nitrogens with one attached hydrogen (secondary N) is 1. The second-order valence-corrected chi connectivity index (χ2v) is 9.82. The van der Waals surface area contributed by atoms with Gasteiger partial charge in [0.15, 0.2) is 6.61 Å². The van der Waals surface area contributed by atoms with Gasteiger partial charge in [-0.05, 0) is 80.4 Å². The van der Waals surface area contributed by atoms with Crippen LogP contribution in [0, 0.1) is 24.2 Å². The third-order valence-electron chi connectivity index (χ3n) is 7.53. The molecule has 0 saturated heterocycles. The molecule has 1 aromatic heterocycles. The number of aryl methyl sites for hydroxylation is 1. The monoisotopic (exact) mass is 407 g/mol. The molecular formula is C25H29NO4. The van der Waals surface area contributed by atoms with E-state index in [1.54, 1.807) is 18.4 Å². The zero-order chi connectivity index (χ0) is 20.8. The Morgan fingerprint density at radius 3 is 2.50 bits per heavy atom. The number of benzene rings is 1. The van der Waals surface area contributed by atoms with Gasteiger partial charge in [0.05, 0.1) is 18.2 Å². The van der Waals surface area contributed by atoms with E-state index < -0.39 is 5.41 Å². The summed E-state index contributed by atoms with van der Waals surface area (Å²) in [5, 5.41) is 2.74. The van der Waals surface area contributed by atoms with Crippen molar-refractivity contribution in [2.45, 2.75) is 57.4 Å². The van der Waals surface area contributed by atoms with Crippen molar-refractivity contribution in [1.29, 1.82) is 0 Å². The zero-order valence-electron chi connectivity index (χ0n) is 17.5. The molecule has 4 aliphatic rings. The molecule has 4 saturated carbocycles. The Bertz CT molecular complexity index is 917. The van der Waals surface area contributed by atoms with Crippen LogP contribution >= 0.6 is 0 Å². The number of furan rings is 1. The predicted octanol–water partition coefficient (Wildman–Crippen LogP) is 4.29. The van der Waals surface area contributed by atoms with Gasteiger partial charge in [0.25, 0.3) is 5.91 Å². The number of ether oxygens (including phenoxy) is 1. The minimum atomic E-state index is -0.434. The summed E-state index contributed by atoms with van der Waals surface area (Å²) in [5.74, 6) is 1.36. The Balaban J connectivity index is 1.27. The van der Waals surface area contributed by atoms with Crippen molar-refractivity contribution in [2.24, 2.45) is 17.3 Å². The van der Waals surface area contributed by atoms with E-state index in [1.165, 1.54) is 30.4 Å². The second-order valence-electron chi connectivity index (χ2n) is 9.82. The van der Waals surface area contributed by atoms with Crippen LogP contribution in [0.25, 0.3) is 0 Å². The third kappa shape index (κ3) is 3.44. The van der Waals surface area contributed by atoms with Crippen molar-refractivity contribution in [3.8, 4) is 0 Å². The van der Waals surface area contributed by atoms with E-state index in [9.17, 15) is 9.59 Å². The average molecular weight is 408 g/mol. The number of esters is 1. The lowest BCUT2D eigenvalue weighted by Crippen LogP contribution is -2.57. The lowest BCUT2D eigenvalue weighted by Gasteiger charge is -2.61. The molecule has 4 fully saturated rings. The van der Waals surface area contributed by atoms with Crippen LogP contribution in [0.3, 0.4) is 0 Å². The number of carbonyl (C=O) groups excluding carboxylic acids is 2. The molecule has 0 unspecified atom stereocenters. The molecule has 2 atom stereocenters. The van der Waals surface area contributed by atoms with Crippen LogP contribution in [-0.4, -0.2) is 18.5 Å². The molecule has 4 bridgehead atoms. The first kappa shape index (κ1) is 19.4. The van der Waals surface area contributed by atoms with Crippen molar-refractivity contribution >= 4 is 11.9 Å². The fraction of sp³-hybridized carbons (Fsp3) is 0.520. The molecular weight excluding hydrogens is 378 g/mol. The van der Waals surface area contributed by atoms with Crippen LogP contribution in [0.4, 0.5) is 0 Å². The standard InChI is InChI=1S/C25H29NO4/c1-17-4-6-20(7-5-17)24-10-18-9-19(11-24)13-25(12-18,16-24)23(28)30-15-22(27)26-14-21-3-2-8-29-21/h2-8,18-19H,9-16H2,1H3,(H,26,27)/t18-,19-,24?,25?/m1/s1. The molecule has 1 N–H and O–H groups in total. The summed E-state index contributed by atoms with van der Waals surface area (Å²) >= 11 is 0. The average Bonchev–Trinajstić information content (AvgIpc) is 3.23. The summed E-state index contributed by atoms with van der Waals surface area (Å²) in [6.45, 7) is 2.18. The minimum Gasteiger partial charge on any atom is -0.467 e. The largest absolute Gasteiger partial charge is 0.467 e. The van der Waals surface area contributed by atoms with E-state index in [0.717, 1.165) is 19.3 Å². The van der Waals surface area contributed by atoms with Gasteiger partial charge in [-0.1, -0.05) is 29.8 Å². The van der Waals surface area contributed by atoms with Crippen molar-refractivity contribution in [2.75, 3.05) is 6.61 Å². The molecule has 6 rings (SSSR count). The number of hydrogen-bond acceptors (Lipinski definition) is 4. The SMILES string of the molecule is Cc1ccc(C23C[C@H]4C[C@@H](CC(C(=O)OCC(=O)NCc5ccco5)(C4)C2)C3)cc1. The number of carbonyl (C=O) groups is 2. The Kier molecular flexibility index (Phi) is 4.72. The molecule has 4 aliphatic carbocycles. The van der Waals surface area contributed by atoms with Gasteiger partial charge in [-0.15, -0.1) is 0 Å². The van der Waals surface area contributed by atoms with E-state index in [0.29, 0.717) is 24.1 Å². The van der Waals surface area contributed by atoms with Crippen molar-refractivity contribution < 1.29 is 18.7 Å². The van der Waals surface area contributed by atoms with Gasteiger partial charge < -0.3 is 14.5 Å². The smallest absolute Gasteiger partial charge is 0.312 e. The summed E-state index contributed by atoms with van der Waals surface area (Å²) < 4.78 is 10.8. The maximum atomic E-state index is 13.2. The Morgan fingerprint density at radius 1 is 1.10 bits per heavy atom. The first-order valence-corrected chi connectivity index (χ1v) is 11.0. The summed E-state index contributed by atoms with van der Waals surface area (Å²) in [5.41, 5.74) is 2.28. The van der Waals surface area contributed by atoms with Crippen LogP contribution < -0.4 is 5.32 Å². The molecule has 1 amide bonds. The third-order valence-corrected chi connectivity index (χ3v) is 7.53. The van der Waals surface area contributed by atoms with E-state index in [2.05, 4.69) is 36.5 Å². The van der Waals surface area contributed by atoms with Crippen molar-refractivity contribution in [3.63, 3.8) is 0 Å². The molecule has 1 heterocycles. The van der Waals surface area contributed by atoms with E-state index >= 15 is 0 Å². The highest BCUT2D eigenvalue weighted by Gasteiger charge is 2.61. The Morgan fingerprint density at radius 2 is 1.83 bits per heavy atom. The van der Waals surface area contributed by atoms with Gasteiger partial charge in [0, 0.05) is 0 Å². The van der Waals surface area contributed by atoms with Crippen LogP contribution in [-0.2, 0) is 26.3 Å². The molecule has 1 aromatic carbocycles. The van der Waals surface area contributed by atoms with Crippen molar-refractivity contribution in [1.82, 2.24) is 5.32 Å². The highest BCUT2D eigenvalue weighted by molar-refractivity contribution is 5.83. The lowest BCUT2D eigenvalue weighted by atomic mass is 9.43. The molecule has 158 valence electrons. The van der Waals surface area contributed by atoms with E-state index in [4.69, 9.17) is 9.15 Å². The maximum Gasteiger partial charge on any atom is 0.312 e. The quantitative estimate of drug-likeness (QED) is 0.726. The number of rotatable bonds is 6. The van der Waals surface area contributed by atoms with Crippen LogP contribution in [0.5, 0.6) is 0 Å². The minimum absolute atomic E-state index is 0.0817. The fourth-order valence-corrected chi connectivity index (χ4v) is 6.68. The van der Waals surface area contributed by atoms with Gasteiger partial charge in [-0.25, -0.2) is 0 Å². The summed E-state index contributed by atoms with van der Waals surface area (Å²) in [7, 11) is 0. The Hall–Kier alpha value is -2.56. The summed E-state index contributed by atoms with van der Waals surface area (Å²) in [6, 6.07) is 12.4. The lowest BCUT2D eigenvalue weighted by molar-refractivity contribution is -0.175. The zero-order valence-corrected chi connectivity index (χ0v) is 17.5. The van der Waals surface area contributed by atoms with Gasteiger partial charge in [0.2, 0.25) is 0 Å². The van der Waals surface area contributed by atoms with Gasteiger partial charge in [-0.3, -0.25) is 9.59 Å². The van der Waals surface area contributed by atoms with Gasteiger partial charge in [0.1, 0.15) is 5.76 Å². The van der Waals surface area contributed by atoms with E-state index in [1.807, 2.05) is 0 Å². The normalized spacial score (nSPS) is 31.5. The molecule has 2 aromatic rings. The number of amides is 1. The van der Waals surface area contributed by atoms with Crippen LogP contribution in [0.2, 0.25) is 0 Å². The topological polar surface area (TPSA) is 68.5 Å². The van der Waals surface area contributed by atoms with Crippen LogP contribution in [0.15, 0.2) is 47.1 Å². The molecule has 5 nitrogen and oxygen atoms in total.